The molecule has 1 rings (SSSR count). The molecule has 0 unspecified atom stereocenters. The molecule has 0 bridgehead atoms. The predicted molar refractivity (Wildman–Crippen MR) is 86.7 cm³/mol. The van der Waals surface area contributed by atoms with Crippen molar-refractivity contribution in [2.45, 2.75) is 54.1 Å². The Labute approximate surface area is 129 Å². The fourth-order valence-electron chi connectivity index (χ4n) is 1.74. The van der Waals surface area contributed by atoms with E-state index in [0.29, 0.717) is 25.6 Å². The molecule has 5 nitrogen and oxygen atoms in total. The molecule has 0 radical (unpaired) electrons. The van der Waals surface area contributed by atoms with Gasteiger partial charge in [0.05, 0.1) is 13.1 Å². The number of nitrogens with one attached hydrogen (secondary N) is 1. The molecule has 0 aromatic heterocycles. The minimum Gasteiger partial charge on any atom is -0.444 e. The second-order valence-corrected chi connectivity index (χ2v) is 7.73. The van der Waals surface area contributed by atoms with Crippen molar-refractivity contribution in [3.05, 3.63) is 0 Å². The predicted octanol–water partition coefficient (Wildman–Crippen LogP) is 2.91. The van der Waals surface area contributed by atoms with Gasteiger partial charge in [-0.2, -0.15) is 0 Å². The molecule has 0 aromatic rings. The van der Waals surface area contributed by atoms with Gasteiger partial charge in [0.2, 0.25) is 0 Å². The molecule has 0 aromatic carbocycles. The van der Waals surface area contributed by atoms with E-state index in [9.17, 15) is 4.79 Å². The lowest BCUT2D eigenvalue weighted by atomic mass is 9.81. The van der Waals surface area contributed by atoms with Gasteiger partial charge in [0, 0.05) is 13.1 Å². The summed E-state index contributed by atoms with van der Waals surface area (Å²) in [5, 5.41) is 3.39. The van der Waals surface area contributed by atoms with Gasteiger partial charge in [-0.15, -0.1) is 0 Å². The third kappa shape index (κ3) is 5.94. The third-order valence-corrected chi connectivity index (χ3v) is 3.98. The van der Waals surface area contributed by atoms with E-state index in [2.05, 4.69) is 38.0 Å². The van der Waals surface area contributed by atoms with Crippen LogP contribution in [0.15, 0.2) is 4.99 Å². The summed E-state index contributed by atoms with van der Waals surface area (Å²) in [6.45, 7) is 17.2. The summed E-state index contributed by atoms with van der Waals surface area (Å²) in [7, 11) is 0. The van der Waals surface area contributed by atoms with Crippen LogP contribution in [0.4, 0.5) is 4.79 Å². The summed E-state index contributed by atoms with van der Waals surface area (Å²) in [5.41, 5.74) is -0.268. The lowest BCUT2D eigenvalue weighted by Gasteiger charge is -2.33. The maximum absolute atomic E-state index is 12.1. The van der Waals surface area contributed by atoms with Crippen LogP contribution >= 0.6 is 0 Å². The van der Waals surface area contributed by atoms with Crippen molar-refractivity contribution in [3.8, 4) is 0 Å². The number of carbonyl (C=O) groups is 1. The Morgan fingerprint density at radius 3 is 2.48 bits per heavy atom. The van der Waals surface area contributed by atoms with E-state index in [1.807, 2.05) is 20.8 Å². The molecular weight excluding hydrogens is 266 g/mol. The van der Waals surface area contributed by atoms with Gasteiger partial charge in [-0.05, 0) is 32.1 Å². The number of carbonyl (C=O) groups excluding carboxylic acids is 1. The quantitative estimate of drug-likeness (QED) is 0.871. The van der Waals surface area contributed by atoms with Crippen LogP contribution < -0.4 is 5.32 Å². The Morgan fingerprint density at radius 2 is 1.95 bits per heavy atom. The summed E-state index contributed by atoms with van der Waals surface area (Å²) >= 11 is 0. The molecule has 1 aliphatic rings. The van der Waals surface area contributed by atoms with Crippen molar-refractivity contribution in [1.29, 1.82) is 0 Å². The number of hydrogen-bond donors (Lipinski definition) is 1. The fourth-order valence-corrected chi connectivity index (χ4v) is 1.74. The van der Waals surface area contributed by atoms with E-state index in [-0.39, 0.29) is 11.5 Å². The standard InChI is InChI=1S/C16H31N3O2/c1-12(2)16(6,7)11-18-13-10-19(9-8-17-13)14(20)21-15(3,4)5/h12H,8-11H2,1-7H3,(H,17,18). The number of amidine groups is 1. The summed E-state index contributed by atoms with van der Waals surface area (Å²) in [4.78, 5) is 18.3. The second-order valence-electron chi connectivity index (χ2n) is 7.73. The molecule has 0 saturated heterocycles. The first-order valence-corrected chi connectivity index (χ1v) is 7.76. The van der Waals surface area contributed by atoms with Gasteiger partial charge in [-0.1, -0.05) is 27.7 Å². The van der Waals surface area contributed by atoms with Gasteiger partial charge >= 0.3 is 6.09 Å². The zero-order valence-electron chi connectivity index (χ0n) is 14.6. The normalized spacial score (nSPS) is 16.8. The van der Waals surface area contributed by atoms with Crippen molar-refractivity contribution < 1.29 is 9.53 Å². The Balaban J connectivity index is 2.53. The molecule has 21 heavy (non-hydrogen) atoms. The average Bonchev–Trinajstić information content (AvgIpc) is 2.34. The zero-order chi connectivity index (χ0) is 16.3. The molecule has 0 saturated carbocycles. The molecule has 122 valence electrons. The third-order valence-electron chi connectivity index (χ3n) is 3.98. The van der Waals surface area contributed by atoms with Crippen LogP contribution in [0.3, 0.4) is 0 Å². The summed E-state index contributed by atoms with van der Waals surface area (Å²) in [6.07, 6.45) is -0.264. The lowest BCUT2D eigenvalue weighted by Crippen LogP contribution is -2.49. The van der Waals surface area contributed by atoms with Crippen molar-refractivity contribution in [3.63, 3.8) is 0 Å². The first-order chi connectivity index (χ1) is 9.51. The average molecular weight is 297 g/mol. The fraction of sp³-hybridized carbons (Fsp3) is 0.875. The highest BCUT2D eigenvalue weighted by molar-refractivity contribution is 5.87. The maximum Gasteiger partial charge on any atom is 0.410 e. The molecule has 0 aliphatic carbocycles. The van der Waals surface area contributed by atoms with E-state index >= 15 is 0 Å². The molecule has 0 spiro atoms. The first-order valence-electron chi connectivity index (χ1n) is 7.76. The van der Waals surface area contributed by atoms with Crippen LogP contribution in [-0.2, 0) is 4.74 Å². The van der Waals surface area contributed by atoms with Crippen LogP contribution in [0.5, 0.6) is 0 Å². The van der Waals surface area contributed by atoms with Gasteiger partial charge < -0.3 is 10.1 Å². The minimum absolute atomic E-state index is 0.191. The highest BCUT2D eigenvalue weighted by atomic mass is 16.6. The van der Waals surface area contributed by atoms with Crippen LogP contribution in [0, 0.1) is 11.3 Å². The van der Waals surface area contributed by atoms with Crippen LogP contribution in [-0.4, -0.2) is 48.6 Å². The smallest absolute Gasteiger partial charge is 0.410 e. The topological polar surface area (TPSA) is 53.9 Å². The maximum atomic E-state index is 12.1. The number of rotatable bonds is 3. The molecule has 1 amide bonds. The molecule has 0 atom stereocenters. The number of amides is 1. The number of nitrogens with zero attached hydrogens (tertiary/aromatic N) is 2. The van der Waals surface area contributed by atoms with E-state index in [0.717, 1.165) is 12.4 Å². The molecular formula is C16H31N3O2. The summed E-state index contributed by atoms with van der Waals surface area (Å²) in [5.74, 6) is 1.46. The van der Waals surface area contributed by atoms with Crippen molar-refractivity contribution >= 4 is 11.9 Å². The van der Waals surface area contributed by atoms with Gasteiger partial charge in [-0.3, -0.25) is 9.89 Å². The van der Waals surface area contributed by atoms with Gasteiger partial charge in [0.15, 0.2) is 0 Å². The number of aliphatic imine (C=N–C) groups is 1. The molecule has 1 N–H and O–H groups in total. The van der Waals surface area contributed by atoms with Gasteiger partial charge in [0.1, 0.15) is 11.4 Å². The lowest BCUT2D eigenvalue weighted by molar-refractivity contribution is 0.0276. The Morgan fingerprint density at radius 1 is 1.33 bits per heavy atom. The number of ether oxygens (including phenoxy) is 1. The van der Waals surface area contributed by atoms with Crippen LogP contribution in [0.2, 0.25) is 0 Å². The van der Waals surface area contributed by atoms with Crippen molar-refractivity contribution in [2.75, 3.05) is 26.2 Å². The minimum atomic E-state index is -0.459. The molecule has 1 aliphatic heterocycles. The first kappa shape index (κ1) is 17.8. The Hall–Kier alpha value is -1.26. The summed E-state index contributed by atoms with van der Waals surface area (Å²) < 4.78 is 5.41. The molecule has 5 heteroatoms. The Bertz CT molecular complexity index is 395. The van der Waals surface area contributed by atoms with E-state index in [4.69, 9.17) is 4.74 Å². The van der Waals surface area contributed by atoms with E-state index < -0.39 is 5.60 Å². The zero-order valence-corrected chi connectivity index (χ0v) is 14.6. The number of hydrogen-bond acceptors (Lipinski definition) is 4. The van der Waals surface area contributed by atoms with E-state index in [1.54, 1.807) is 4.90 Å². The summed E-state index contributed by atoms with van der Waals surface area (Å²) in [6, 6.07) is 0. The van der Waals surface area contributed by atoms with E-state index in [1.165, 1.54) is 0 Å². The monoisotopic (exact) mass is 297 g/mol. The van der Waals surface area contributed by atoms with Crippen molar-refractivity contribution in [1.82, 2.24) is 10.2 Å². The highest BCUT2D eigenvalue weighted by Gasteiger charge is 2.27. The Kier molecular flexibility index (Phi) is 5.65. The van der Waals surface area contributed by atoms with Crippen LogP contribution in [0.1, 0.15) is 48.5 Å². The largest absolute Gasteiger partial charge is 0.444 e. The van der Waals surface area contributed by atoms with Gasteiger partial charge in [-0.25, -0.2) is 4.79 Å². The second kappa shape index (κ2) is 6.67. The SMILES string of the molecule is CC(C)C(C)(C)CNC1=NCCN(C(=O)OC(C)(C)C)C1. The van der Waals surface area contributed by atoms with Crippen molar-refractivity contribution in [2.24, 2.45) is 16.3 Å². The molecule has 0 fully saturated rings. The van der Waals surface area contributed by atoms with Crippen LogP contribution in [0.25, 0.3) is 0 Å². The highest BCUT2D eigenvalue weighted by Crippen LogP contribution is 2.24. The van der Waals surface area contributed by atoms with Gasteiger partial charge in [0.25, 0.3) is 0 Å². The molecule has 1 heterocycles.